The van der Waals surface area contributed by atoms with Gasteiger partial charge in [-0.25, -0.2) is 21.8 Å². The monoisotopic (exact) mass is 503 g/mol. The molecule has 1 aliphatic heterocycles. The normalized spacial score (nSPS) is 23.9. The van der Waals surface area contributed by atoms with Crippen LogP contribution in [0.25, 0.3) is 16.6 Å². The molecule has 0 unspecified atom stereocenters. The van der Waals surface area contributed by atoms with E-state index in [-0.39, 0.29) is 34.7 Å². The predicted molar refractivity (Wildman–Crippen MR) is 140 cm³/mol. The minimum absolute atomic E-state index is 0.0863. The fraction of sp³-hybridized carbons (Fsp3) is 0.345. The first-order valence-electron chi connectivity index (χ1n) is 12.5. The molecule has 5 nitrogen and oxygen atoms in total. The largest absolute Gasteiger partial charge is 0.233 e. The molecule has 3 aromatic carbocycles. The van der Waals surface area contributed by atoms with Crippen molar-refractivity contribution in [2.45, 2.75) is 32.1 Å². The molecule has 0 amide bonds. The van der Waals surface area contributed by atoms with Crippen LogP contribution in [0.15, 0.2) is 72.9 Å². The van der Waals surface area contributed by atoms with Crippen LogP contribution in [0.3, 0.4) is 0 Å². The Hall–Kier alpha value is -3.03. The van der Waals surface area contributed by atoms with Crippen LogP contribution < -0.4 is 0 Å². The first kappa shape index (κ1) is 23.4. The number of hydrogen-bond acceptors (Lipinski definition) is 3. The van der Waals surface area contributed by atoms with Crippen molar-refractivity contribution in [3.63, 3.8) is 0 Å². The first-order chi connectivity index (χ1) is 17.2. The van der Waals surface area contributed by atoms with Crippen LogP contribution in [0.5, 0.6) is 0 Å². The Morgan fingerprint density at radius 1 is 1.08 bits per heavy atom. The summed E-state index contributed by atoms with van der Waals surface area (Å²) in [6.45, 7) is 7.07. The molecule has 1 saturated carbocycles. The third kappa shape index (κ3) is 3.59. The van der Waals surface area contributed by atoms with Crippen LogP contribution in [-0.2, 0) is 15.4 Å². The molecule has 4 aromatic rings. The molecule has 6 rings (SSSR count). The lowest BCUT2D eigenvalue weighted by atomic mass is 9.87. The molecule has 0 radical (unpaired) electrons. The molecule has 2 aliphatic rings. The second-order valence-electron chi connectivity index (χ2n) is 10.8. The van der Waals surface area contributed by atoms with E-state index in [1.807, 2.05) is 30.8 Å². The second-order valence-corrected chi connectivity index (χ2v) is 12.8. The molecule has 2 fully saturated rings. The van der Waals surface area contributed by atoms with Gasteiger partial charge in [0.1, 0.15) is 5.82 Å². The van der Waals surface area contributed by atoms with Crippen molar-refractivity contribution < 1.29 is 12.8 Å². The number of halogens is 1. The Labute approximate surface area is 211 Å². The summed E-state index contributed by atoms with van der Waals surface area (Å²) in [4.78, 5) is 0. The van der Waals surface area contributed by atoms with Crippen LogP contribution in [-0.4, -0.2) is 41.3 Å². The summed E-state index contributed by atoms with van der Waals surface area (Å²) in [6.07, 6.45) is 1.84. The van der Waals surface area contributed by atoms with Crippen molar-refractivity contribution in [2.75, 3.05) is 18.8 Å². The first-order valence-corrected chi connectivity index (χ1v) is 14.1. The zero-order valence-corrected chi connectivity index (χ0v) is 21.5. The molecule has 1 saturated heterocycles. The van der Waals surface area contributed by atoms with Crippen LogP contribution in [0, 0.1) is 24.6 Å². The number of piperidine rings is 1. The van der Waals surface area contributed by atoms with Gasteiger partial charge < -0.3 is 0 Å². The number of rotatable bonds is 6. The zero-order valence-electron chi connectivity index (χ0n) is 20.7. The van der Waals surface area contributed by atoms with Crippen molar-refractivity contribution >= 4 is 20.9 Å². The van der Waals surface area contributed by atoms with Gasteiger partial charge in [-0.1, -0.05) is 44.2 Å². The number of fused-ring (bicyclic) bond motifs is 2. The van der Waals surface area contributed by atoms with E-state index in [4.69, 9.17) is 0 Å². The highest BCUT2D eigenvalue weighted by Gasteiger charge is 2.71. The van der Waals surface area contributed by atoms with Gasteiger partial charge in [-0.05, 0) is 71.8 Å². The summed E-state index contributed by atoms with van der Waals surface area (Å²) in [7, 11) is -3.32. The smallest absolute Gasteiger partial charge is 0.214 e. The van der Waals surface area contributed by atoms with Gasteiger partial charge in [0.2, 0.25) is 10.0 Å². The van der Waals surface area contributed by atoms with Gasteiger partial charge in [-0.3, -0.25) is 0 Å². The fourth-order valence-corrected chi connectivity index (χ4v) is 8.28. The molecule has 7 heteroatoms. The van der Waals surface area contributed by atoms with Gasteiger partial charge in [-0.2, -0.15) is 5.10 Å². The highest BCUT2D eigenvalue weighted by Crippen LogP contribution is 2.70. The molecule has 0 bridgehead atoms. The lowest BCUT2D eigenvalue weighted by molar-refractivity contribution is 0.417. The van der Waals surface area contributed by atoms with E-state index in [0.717, 1.165) is 22.2 Å². The Kier molecular flexibility index (Phi) is 5.36. The number of hydrogen-bond donors (Lipinski definition) is 0. The number of benzene rings is 3. The number of aromatic nitrogens is 2. The molecular formula is C29H30FN3O2S. The summed E-state index contributed by atoms with van der Waals surface area (Å²) in [5.41, 5.74) is 5.10. The van der Waals surface area contributed by atoms with Crippen LogP contribution in [0.2, 0.25) is 0 Å². The maximum atomic E-state index is 13.5. The SMILES string of the molecule is Cc1cc2c(cnn2-c2ccc(F)cc2)cc1[C@]12CN(S(=O)(=O)CC(C)C)C[C@H]1[C@@H]2c1ccccc1. The molecule has 186 valence electrons. The Balaban J connectivity index is 1.44. The fourth-order valence-electron chi connectivity index (χ4n) is 6.43. The molecular weight excluding hydrogens is 473 g/mol. The average Bonchev–Trinajstić information content (AvgIpc) is 3.11. The van der Waals surface area contributed by atoms with Gasteiger partial charge in [0.15, 0.2) is 0 Å². The summed E-state index contributed by atoms with van der Waals surface area (Å²) in [5, 5.41) is 5.59. The summed E-state index contributed by atoms with van der Waals surface area (Å²) in [5.74, 6) is 0.507. The predicted octanol–water partition coefficient (Wildman–Crippen LogP) is 5.43. The highest BCUT2D eigenvalue weighted by molar-refractivity contribution is 7.89. The van der Waals surface area contributed by atoms with E-state index in [0.29, 0.717) is 13.1 Å². The summed E-state index contributed by atoms with van der Waals surface area (Å²) >= 11 is 0. The molecule has 2 heterocycles. The minimum Gasteiger partial charge on any atom is -0.233 e. The molecule has 36 heavy (non-hydrogen) atoms. The van der Waals surface area contributed by atoms with Crippen molar-refractivity contribution in [3.05, 3.63) is 95.4 Å². The van der Waals surface area contributed by atoms with E-state index in [1.165, 1.54) is 23.3 Å². The average molecular weight is 504 g/mol. The lowest BCUT2D eigenvalue weighted by Crippen LogP contribution is -2.37. The zero-order chi connectivity index (χ0) is 25.2. The highest BCUT2D eigenvalue weighted by atomic mass is 32.2. The minimum atomic E-state index is -3.32. The lowest BCUT2D eigenvalue weighted by Gasteiger charge is -2.26. The van der Waals surface area contributed by atoms with Crippen molar-refractivity contribution in [1.82, 2.24) is 14.1 Å². The van der Waals surface area contributed by atoms with E-state index in [9.17, 15) is 12.8 Å². The van der Waals surface area contributed by atoms with Gasteiger partial charge in [0.25, 0.3) is 0 Å². The second kappa shape index (κ2) is 8.25. The quantitative estimate of drug-likeness (QED) is 0.353. The standard InChI is InChI=1S/C29H30FN3O2S/c1-19(2)17-36(34,35)32-16-26-28(21-7-5-4-6-8-21)29(26,18-32)25-14-22-15-31-33(27(22)13-20(25)3)24-11-9-23(30)10-12-24/h4-15,19,26,28H,16-18H2,1-3H3/t26-,28-,29+/m0/s1. The number of nitrogens with zero attached hydrogens (tertiary/aromatic N) is 3. The third-order valence-corrected chi connectivity index (χ3v) is 10.1. The number of sulfonamides is 1. The summed E-state index contributed by atoms with van der Waals surface area (Å²) in [6, 6.07) is 21.1. The van der Waals surface area contributed by atoms with Crippen LogP contribution in [0.4, 0.5) is 4.39 Å². The van der Waals surface area contributed by atoms with Gasteiger partial charge in [-0.15, -0.1) is 0 Å². The van der Waals surface area contributed by atoms with Crippen molar-refractivity contribution in [3.8, 4) is 5.69 Å². The maximum Gasteiger partial charge on any atom is 0.214 e. The van der Waals surface area contributed by atoms with E-state index >= 15 is 0 Å². The Bertz CT molecular complexity index is 1550. The van der Waals surface area contributed by atoms with Crippen LogP contribution >= 0.6 is 0 Å². The molecule has 1 aromatic heterocycles. The van der Waals surface area contributed by atoms with Gasteiger partial charge in [0, 0.05) is 29.8 Å². The molecule has 0 spiro atoms. The van der Waals surface area contributed by atoms with Gasteiger partial charge >= 0.3 is 0 Å². The van der Waals surface area contributed by atoms with Crippen molar-refractivity contribution in [1.29, 1.82) is 0 Å². The van der Waals surface area contributed by atoms with E-state index in [2.05, 4.69) is 48.4 Å². The maximum absolute atomic E-state index is 13.5. The van der Waals surface area contributed by atoms with Gasteiger partial charge in [0.05, 0.1) is 23.2 Å². The third-order valence-electron chi connectivity index (χ3n) is 7.93. The Morgan fingerprint density at radius 2 is 1.81 bits per heavy atom. The van der Waals surface area contributed by atoms with E-state index < -0.39 is 10.0 Å². The number of aryl methyl sites for hydroxylation is 1. The van der Waals surface area contributed by atoms with E-state index in [1.54, 1.807) is 16.4 Å². The Morgan fingerprint density at radius 3 is 2.50 bits per heavy atom. The molecule has 0 N–H and O–H groups in total. The molecule has 3 atom stereocenters. The van der Waals surface area contributed by atoms with Crippen molar-refractivity contribution in [2.24, 2.45) is 11.8 Å². The summed E-state index contributed by atoms with van der Waals surface area (Å²) < 4.78 is 43.4. The van der Waals surface area contributed by atoms with Crippen LogP contribution in [0.1, 0.15) is 36.5 Å². The molecule has 1 aliphatic carbocycles. The topological polar surface area (TPSA) is 55.2 Å².